The lowest BCUT2D eigenvalue weighted by Gasteiger charge is -2.37. The lowest BCUT2D eigenvalue weighted by Crippen LogP contribution is -2.51. The minimum absolute atomic E-state index is 0.00423. The molecule has 9 rings (SSSR count). The number of amides is 2. The first-order valence-electron chi connectivity index (χ1n) is 21.1. The molecule has 1 N–H and O–H groups in total. The number of para-hydroxylation sites is 2. The predicted octanol–water partition coefficient (Wildman–Crippen LogP) is 7.33. The van der Waals surface area contributed by atoms with E-state index in [-0.39, 0.29) is 48.5 Å². The number of benzene rings is 5. The van der Waals surface area contributed by atoms with E-state index in [0.29, 0.717) is 42.4 Å². The average molecular weight is 850 g/mol. The molecule has 6 aromatic rings. The molecule has 3 aliphatic heterocycles. The normalized spacial score (nSPS) is 21.2. The van der Waals surface area contributed by atoms with Crippen LogP contribution in [0.5, 0.6) is 17.2 Å². The van der Waals surface area contributed by atoms with Crippen LogP contribution in [0.25, 0.3) is 0 Å². The van der Waals surface area contributed by atoms with Crippen molar-refractivity contribution in [1.82, 2.24) is 15.0 Å². The Kier molecular flexibility index (Phi) is 11.0. The Hall–Kier alpha value is -6.28. The highest BCUT2D eigenvalue weighted by molar-refractivity contribution is 6.91. The lowest BCUT2D eigenvalue weighted by molar-refractivity contribution is -0.146. The zero-order chi connectivity index (χ0) is 43.2. The summed E-state index contributed by atoms with van der Waals surface area (Å²) < 4.78 is 26.2. The van der Waals surface area contributed by atoms with Crippen molar-refractivity contribution in [1.29, 1.82) is 0 Å². The third-order valence-electron chi connectivity index (χ3n) is 13.2. The smallest absolute Gasteiger partial charge is 0.269 e. The third-order valence-corrected chi connectivity index (χ3v) is 17.6. The van der Waals surface area contributed by atoms with E-state index in [1.54, 1.807) is 19.1 Å². The molecule has 0 saturated carbocycles. The van der Waals surface area contributed by atoms with E-state index < -0.39 is 13.7 Å². The highest BCUT2D eigenvalue weighted by Crippen LogP contribution is 2.60. The molecule has 1 aromatic heterocycles. The molecule has 2 amide bonds. The topological polar surface area (TPSA) is 128 Å². The standard InChI is InChI=1S/C49H51N5O7Si/c1-32-47(62(4,5)38-22-19-36(58-2)20-23-38)45(25-26-52-29-41(50-51-52)39(30-55)34-11-7-6-8-12-34)61-49(32)40-27-37(59-3)21-24-42(40)53(48(49)57)28-33-15-17-35(18-16-33)54-43-13-9-10-14-44(43)60-31-46(54)56/h6-24,27,29,32,39,45,47,55H,25-26,28,30-31H2,1-5H3/t32-,39?,45+,47-,49+/m1/s1. The van der Waals surface area contributed by atoms with Crippen LogP contribution >= 0.6 is 0 Å². The molecule has 1 saturated heterocycles. The maximum Gasteiger partial charge on any atom is 0.269 e. The van der Waals surface area contributed by atoms with Gasteiger partial charge in [0.2, 0.25) is 0 Å². The molecule has 62 heavy (non-hydrogen) atoms. The number of methoxy groups -OCH3 is 2. The molecule has 3 aliphatic rings. The summed E-state index contributed by atoms with van der Waals surface area (Å²) in [4.78, 5) is 32.1. The molecular weight excluding hydrogens is 799 g/mol. The zero-order valence-corrected chi connectivity index (χ0v) is 36.6. The van der Waals surface area contributed by atoms with Crippen LogP contribution in [0, 0.1) is 5.92 Å². The summed E-state index contributed by atoms with van der Waals surface area (Å²) in [5, 5.41) is 20.6. The van der Waals surface area contributed by atoms with Crippen LogP contribution in [0.4, 0.5) is 17.1 Å². The Morgan fingerprint density at radius 2 is 1.58 bits per heavy atom. The first-order chi connectivity index (χ1) is 30.1. The maximum absolute atomic E-state index is 15.5. The van der Waals surface area contributed by atoms with Crippen LogP contribution < -0.4 is 29.2 Å². The molecule has 0 aliphatic carbocycles. The lowest BCUT2D eigenvalue weighted by atomic mass is 9.82. The van der Waals surface area contributed by atoms with E-state index >= 15 is 4.79 Å². The Balaban J connectivity index is 1.05. The van der Waals surface area contributed by atoms with E-state index in [1.165, 1.54) is 5.19 Å². The molecule has 13 heteroatoms. The minimum atomic E-state index is -2.43. The number of aliphatic hydroxyl groups excluding tert-OH is 1. The van der Waals surface area contributed by atoms with Gasteiger partial charge in [-0.25, -0.2) is 0 Å². The number of carbonyl (C=O) groups excluding carboxylic acids is 2. The molecule has 0 bridgehead atoms. The van der Waals surface area contributed by atoms with Crippen molar-refractivity contribution in [2.45, 2.75) is 62.7 Å². The molecule has 12 nitrogen and oxygen atoms in total. The Labute approximate surface area is 362 Å². The summed E-state index contributed by atoms with van der Waals surface area (Å²) in [7, 11) is 0.880. The molecule has 5 atom stereocenters. The summed E-state index contributed by atoms with van der Waals surface area (Å²) in [6, 6.07) is 39.3. The van der Waals surface area contributed by atoms with Gasteiger partial charge in [-0.2, -0.15) is 0 Å². The van der Waals surface area contributed by atoms with Crippen LogP contribution in [-0.2, 0) is 33.0 Å². The van der Waals surface area contributed by atoms with Crippen molar-refractivity contribution in [2.75, 3.05) is 37.2 Å². The predicted molar refractivity (Wildman–Crippen MR) is 239 cm³/mol. The van der Waals surface area contributed by atoms with Gasteiger partial charge in [-0.05, 0) is 77.7 Å². The number of carbonyl (C=O) groups is 2. The fraction of sp³-hybridized carbons (Fsp3) is 0.306. The fourth-order valence-electron chi connectivity index (χ4n) is 10.1. The number of rotatable bonds is 13. The number of aromatic nitrogens is 3. The van der Waals surface area contributed by atoms with Gasteiger partial charge in [-0.15, -0.1) is 5.10 Å². The summed E-state index contributed by atoms with van der Waals surface area (Å²) in [6.07, 6.45) is 2.17. The van der Waals surface area contributed by atoms with Gasteiger partial charge in [-0.1, -0.05) is 97.1 Å². The first-order valence-corrected chi connectivity index (χ1v) is 24.2. The molecule has 4 heterocycles. The molecule has 1 unspecified atom stereocenters. The Bertz CT molecular complexity index is 2580. The summed E-state index contributed by atoms with van der Waals surface area (Å²) >= 11 is 0. The van der Waals surface area contributed by atoms with E-state index in [2.05, 4.69) is 42.5 Å². The second kappa shape index (κ2) is 16.5. The van der Waals surface area contributed by atoms with E-state index in [4.69, 9.17) is 18.9 Å². The van der Waals surface area contributed by atoms with Gasteiger partial charge in [0.05, 0.1) is 64.5 Å². The summed E-state index contributed by atoms with van der Waals surface area (Å²) in [5.41, 5.74) is 4.27. The molecule has 5 aromatic carbocycles. The van der Waals surface area contributed by atoms with E-state index in [1.807, 2.05) is 125 Å². The van der Waals surface area contributed by atoms with Gasteiger partial charge in [0.1, 0.15) is 17.2 Å². The van der Waals surface area contributed by atoms with Crippen molar-refractivity contribution in [3.05, 3.63) is 150 Å². The van der Waals surface area contributed by atoms with Crippen molar-refractivity contribution in [2.24, 2.45) is 5.92 Å². The van der Waals surface area contributed by atoms with Gasteiger partial charge < -0.3 is 29.0 Å². The van der Waals surface area contributed by atoms with Crippen LogP contribution in [0.2, 0.25) is 18.6 Å². The van der Waals surface area contributed by atoms with Crippen molar-refractivity contribution >= 4 is 42.1 Å². The third kappa shape index (κ3) is 7.03. The van der Waals surface area contributed by atoms with Gasteiger partial charge >= 0.3 is 0 Å². The number of aliphatic hydroxyl groups is 1. The van der Waals surface area contributed by atoms with Crippen LogP contribution in [-0.4, -0.2) is 73.5 Å². The maximum atomic E-state index is 15.5. The summed E-state index contributed by atoms with van der Waals surface area (Å²) in [5.74, 6) is 1.30. The van der Waals surface area contributed by atoms with Crippen LogP contribution in [0.1, 0.15) is 41.6 Å². The van der Waals surface area contributed by atoms with Gasteiger partial charge in [0.25, 0.3) is 11.8 Å². The second-order valence-electron chi connectivity index (χ2n) is 16.9. The first kappa shape index (κ1) is 41.1. The average Bonchev–Trinajstić information content (AvgIpc) is 3.96. The second-order valence-corrected chi connectivity index (χ2v) is 21.6. The zero-order valence-electron chi connectivity index (χ0n) is 35.6. The number of nitrogens with zero attached hydrogens (tertiary/aromatic N) is 5. The van der Waals surface area contributed by atoms with Gasteiger partial charge in [0, 0.05) is 29.9 Å². The largest absolute Gasteiger partial charge is 0.497 e. The number of ether oxygens (including phenoxy) is 4. The van der Waals surface area contributed by atoms with Crippen molar-refractivity contribution < 1.29 is 33.6 Å². The van der Waals surface area contributed by atoms with Crippen molar-refractivity contribution in [3.63, 3.8) is 0 Å². The number of hydrogen-bond donors (Lipinski definition) is 1. The SMILES string of the molecule is COc1ccc([Si](C)(C)[C@H]2[C@H](CCn3cc(C(CO)c4ccccc4)nn3)O[C@@]3(C(=O)N(Cc4ccc(N5C(=O)COc6ccccc65)cc4)c4ccc(OC)cc43)[C@@H]2C)cc1. The number of hydrogen-bond acceptors (Lipinski definition) is 9. The van der Waals surface area contributed by atoms with Crippen LogP contribution in [0.15, 0.2) is 128 Å². The number of fused-ring (bicyclic) bond motifs is 3. The molecule has 1 fully saturated rings. The molecular formula is C49H51N5O7Si. The van der Waals surface area contributed by atoms with Gasteiger partial charge in [0.15, 0.2) is 12.2 Å². The molecule has 1 spiro atoms. The number of aryl methyl sites for hydroxylation is 1. The Morgan fingerprint density at radius 1 is 0.871 bits per heavy atom. The quantitative estimate of drug-likeness (QED) is 0.119. The number of anilines is 3. The highest BCUT2D eigenvalue weighted by atomic mass is 28.3. The van der Waals surface area contributed by atoms with E-state index in [9.17, 15) is 9.90 Å². The molecule has 318 valence electrons. The van der Waals surface area contributed by atoms with E-state index in [0.717, 1.165) is 33.8 Å². The molecule has 0 radical (unpaired) electrons. The van der Waals surface area contributed by atoms with Crippen LogP contribution in [0.3, 0.4) is 0 Å². The minimum Gasteiger partial charge on any atom is -0.497 e. The highest BCUT2D eigenvalue weighted by Gasteiger charge is 2.66. The summed E-state index contributed by atoms with van der Waals surface area (Å²) in [6.45, 7) is 7.59. The Morgan fingerprint density at radius 3 is 2.31 bits per heavy atom. The van der Waals surface area contributed by atoms with Crippen molar-refractivity contribution in [3.8, 4) is 17.2 Å². The van der Waals surface area contributed by atoms with Gasteiger partial charge in [-0.3, -0.25) is 19.2 Å². The fourth-order valence-corrected chi connectivity index (χ4v) is 14.1. The monoisotopic (exact) mass is 849 g/mol.